The predicted octanol–water partition coefficient (Wildman–Crippen LogP) is 0.836. The Morgan fingerprint density at radius 1 is 1.18 bits per heavy atom. The van der Waals surface area contributed by atoms with Crippen LogP contribution >= 0.6 is 0 Å². The van der Waals surface area contributed by atoms with E-state index in [2.05, 4.69) is 4.74 Å². The van der Waals surface area contributed by atoms with Gasteiger partial charge in [-0.2, -0.15) is 0 Å². The van der Waals surface area contributed by atoms with Gasteiger partial charge in [0, 0.05) is 18.7 Å². The molecule has 0 heterocycles. The maximum absolute atomic E-state index is 11.5. The average Bonchev–Trinajstić information content (AvgIpc) is 2.25. The van der Waals surface area contributed by atoms with Crippen LogP contribution in [-0.4, -0.2) is 33.0 Å². The van der Waals surface area contributed by atoms with E-state index in [0.29, 0.717) is 5.56 Å². The largest absolute Gasteiger partial charge is 0.457 e. The molecule has 6 heteroatoms. The topological polar surface area (TPSA) is 77.5 Å². The first-order valence-electron chi connectivity index (χ1n) is 4.77. The van der Waals surface area contributed by atoms with Gasteiger partial charge in [-0.3, -0.25) is 9.59 Å². The van der Waals surface area contributed by atoms with E-state index in [0.717, 1.165) is 6.26 Å². The van der Waals surface area contributed by atoms with Gasteiger partial charge >= 0.3 is 5.97 Å². The normalized spacial score (nSPS) is 10.9. The number of hydrogen-bond acceptors (Lipinski definition) is 5. The number of benzene rings is 1. The third-order valence-electron chi connectivity index (χ3n) is 2.01. The van der Waals surface area contributed by atoms with Crippen molar-refractivity contribution in [3.63, 3.8) is 0 Å². The minimum Gasteiger partial charge on any atom is -0.457 e. The number of ketones is 1. The minimum absolute atomic E-state index is 0.140. The molecule has 0 fully saturated rings. The summed E-state index contributed by atoms with van der Waals surface area (Å²) in [7, 11) is -3.27. The van der Waals surface area contributed by atoms with E-state index in [1.165, 1.54) is 31.2 Å². The molecule has 92 valence electrons. The van der Waals surface area contributed by atoms with E-state index in [9.17, 15) is 18.0 Å². The number of hydrogen-bond donors (Lipinski definition) is 0. The third-order valence-corrected chi connectivity index (χ3v) is 3.14. The highest BCUT2D eigenvalue weighted by Crippen LogP contribution is 2.10. The number of ether oxygens (including phenoxy) is 1. The summed E-state index contributed by atoms with van der Waals surface area (Å²) in [5, 5.41) is 0. The molecule has 1 aromatic rings. The highest BCUT2D eigenvalue weighted by molar-refractivity contribution is 7.90. The molecule has 0 radical (unpaired) electrons. The molecule has 0 saturated heterocycles. The van der Waals surface area contributed by atoms with E-state index in [1.54, 1.807) is 0 Å². The lowest BCUT2D eigenvalue weighted by Crippen LogP contribution is -2.12. The van der Waals surface area contributed by atoms with Crippen molar-refractivity contribution in [1.29, 1.82) is 0 Å². The molecule has 5 nitrogen and oxygen atoms in total. The van der Waals surface area contributed by atoms with Gasteiger partial charge in [0.25, 0.3) is 0 Å². The van der Waals surface area contributed by atoms with Gasteiger partial charge in [-0.25, -0.2) is 8.42 Å². The zero-order chi connectivity index (χ0) is 13.1. The molecule has 0 saturated carbocycles. The number of carbonyl (C=O) groups is 2. The molecule has 0 N–H and O–H groups in total. The Kier molecular flexibility index (Phi) is 4.01. The molecule has 0 aromatic heterocycles. The molecule has 0 aliphatic carbocycles. The predicted molar refractivity (Wildman–Crippen MR) is 60.5 cm³/mol. The van der Waals surface area contributed by atoms with E-state index in [4.69, 9.17) is 0 Å². The lowest BCUT2D eigenvalue weighted by atomic mass is 10.1. The molecule has 0 aliphatic heterocycles. The van der Waals surface area contributed by atoms with Crippen LogP contribution in [0.25, 0.3) is 0 Å². The molecular weight excluding hydrogens is 244 g/mol. The second-order valence-electron chi connectivity index (χ2n) is 3.50. The van der Waals surface area contributed by atoms with E-state index in [1.807, 2.05) is 0 Å². The van der Waals surface area contributed by atoms with Crippen molar-refractivity contribution in [2.75, 3.05) is 12.9 Å². The summed E-state index contributed by atoms with van der Waals surface area (Å²) in [6.45, 7) is 0.869. The van der Waals surface area contributed by atoms with Crippen molar-refractivity contribution in [2.24, 2.45) is 0 Å². The van der Waals surface area contributed by atoms with Crippen LogP contribution in [0.4, 0.5) is 0 Å². The fourth-order valence-corrected chi connectivity index (χ4v) is 1.77. The number of carbonyl (C=O) groups excluding carboxylic acids is 2. The average molecular weight is 256 g/mol. The van der Waals surface area contributed by atoms with Crippen molar-refractivity contribution in [3.8, 4) is 0 Å². The maximum atomic E-state index is 11.5. The summed E-state index contributed by atoms with van der Waals surface area (Å²) in [6, 6.07) is 5.47. The monoisotopic (exact) mass is 256 g/mol. The van der Waals surface area contributed by atoms with E-state index < -0.39 is 15.8 Å². The van der Waals surface area contributed by atoms with Crippen LogP contribution in [0, 0.1) is 0 Å². The number of rotatable bonds is 4. The first-order chi connectivity index (χ1) is 7.80. The van der Waals surface area contributed by atoms with Gasteiger partial charge in [0.15, 0.2) is 22.2 Å². The Morgan fingerprint density at radius 2 is 1.71 bits per heavy atom. The van der Waals surface area contributed by atoms with Crippen LogP contribution in [0.2, 0.25) is 0 Å². The molecule has 0 spiro atoms. The van der Waals surface area contributed by atoms with Crippen LogP contribution in [-0.2, 0) is 19.4 Å². The molecule has 1 aromatic carbocycles. The minimum atomic E-state index is -3.27. The zero-order valence-electron chi connectivity index (χ0n) is 9.47. The Morgan fingerprint density at radius 3 is 2.12 bits per heavy atom. The second kappa shape index (κ2) is 5.09. The third kappa shape index (κ3) is 3.99. The molecule has 0 unspecified atom stereocenters. The highest BCUT2D eigenvalue weighted by Gasteiger charge is 2.10. The van der Waals surface area contributed by atoms with Crippen molar-refractivity contribution in [3.05, 3.63) is 29.8 Å². The molecule has 0 atom stereocenters. The van der Waals surface area contributed by atoms with Crippen LogP contribution in [0.5, 0.6) is 0 Å². The van der Waals surface area contributed by atoms with Gasteiger partial charge in [0.1, 0.15) is 0 Å². The zero-order valence-corrected chi connectivity index (χ0v) is 10.3. The number of esters is 1. The SMILES string of the molecule is CC(=O)OCC(=O)c1ccc(S(C)(=O)=O)cc1. The van der Waals surface area contributed by atoms with Crippen molar-refractivity contribution < 1.29 is 22.7 Å². The van der Waals surface area contributed by atoms with Crippen molar-refractivity contribution in [1.82, 2.24) is 0 Å². The summed E-state index contributed by atoms with van der Waals surface area (Å²) in [6.07, 6.45) is 1.09. The molecule has 1 rings (SSSR count). The summed E-state index contributed by atoms with van der Waals surface area (Å²) in [4.78, 5) is 22.1. The summed E-state index contributed by atoms with van der Waals surface area (Å²) < 4.78 is 26.9. The molecule has 0 amide bonds. The van der Waals surface area contributed by atoms with Gasteiger partial charge in [-0.15, -0.1) is 0 Å². The van der Waals surface area contributed by atoms with Gasteiger partial charge < -0.3 is 4.74 Å². The van der Waals surface area contributed by atoms with Gasteiger partial charge in [-0.1, -0.05) is 0 Å². The van der Waals surface area contributed by atoms with Gasteiger partial charge in [0.2, 0.25) is 0 Å². The summed E-state index contributed by atoms with van der Waals surface area (Å²) in [5.74, 6) is -0.911. The smallest absolute Gasteiger partial charge is 0.303 e. The Labute approximate surface area is 99.3 Å². The summed E-state index contributed by atoms with van der Waals surface area (Å²) >= 11 is 0. The first kappa shape index (κ1) is 13.4. The molecule has 0 bridgehead atoms. The molecular formula is C11H12O5S. The Balaban J connectivity index is 2.81. The number of sulfone groups is 1. The van der Waals surface area contributed by atoms with Gasteiger partial charge in [0.05, 0.1) is 4.90 Å². The second-order valence-corrected chi connectivity index (χ2v) is 5.52. The van der Waals surface area contributed by atoms with E-state index >= 15 is 0 Å². The Bertz CT molecular complexity index is 527. The van der Waals surface area contributed by atoms with Crippen LogP contribution in [0.1, 0.15) is 17.3 Å². The van der Waals surface area contributed by atoms with E-state index in [-0.39, 0.29) is 17.3 Å². The molecule has 0 aliphatic rings. The van der Waals surface area contributed by atoms with Crippen molar-refractivity contribution >= 4 is 21.6 Å². The van der Waals surface area contributed by atoms with Crippen molar-refractivity contribution in [2.45, 2.75) is 11.8 Å². The van der Waals surface area contributed by atoms with Crippen LogP contribution in [0.15, 0.2) is 29.2 Å². The van der Waals surface area contributed by atoms with Crippen LogP contribution in [0.3, 0.4) is 0 Å². The highest BCUT2D eigenvalue weighted by atomic mass is 32.2. The number of Topliss-reactive ketones (excluding diaryl/α,β-unsaturated/α-hetero) is 1. The standard InChI is InChI=1S/C11H12O5S/c1-8(12)16-7-11(13)9-3-5-10(6-4-9)17(2,14)15/h3-6H,7H2,1-2H3. The quantitative estimate of drug-likeness (QED) is 0.589. The van der Waals surface area contributed by atoms with Gasteiger partial charge in [-0.05, 0) is 24.3 Å². The lowest BCUT2D eigenvalue weighted by Gasteiger charge is -2.02. The fourth-order valence-electron chi connectivity index (χ4n) is 1.14. The lowest BCUT2D eigenvalue weighted by molar-refractivity contribution is -0.139. The Hall–Kier alpha value is -1.69. The maximum Gasteiger partial charge on any atom is 0.303 e. The fraction of sp³-hybridized carbons (Fsp3) is 0.273. The van der Waals surface area contributed by atoms with Crippen LogP contribution < -0.4 is 0 Å². The molecule has 17 heavy (non-hydrogen) atoms. The summed E-state index contributed by atoms with van der Waals surface area (Å²) in [5.41, 5.74) is 0.304. The first-order valence-corrected chi connectivity index (χ1v) is 6.66.